The van der Waals surface area contributed by atoms with Gasteiger partial charge in [-0.2, -0.15) is 0 Å². The van der Waals surface area contributed by atoms with Gasteiger partial charge in [-0.1, -0.05) is 6.07 Å². The number of aryl methyl sites for hydroxylation is 2. The molecule has 1 heterocycles. The molecule has 2 aromatic carbocycles. The van der Waals surface area contributed by atoms with Gasteiger partial charge in [0.25, 0.3) is 0 Å². The first-order valence-electron chi connectivity index (χ1n) is 8.59. The van der Waals surface area contributed by atoms with Crippen molar-refractivity contribution in [1.82, 2.24) is 4.57 Å². The van der Waals surface area contributed by atoms with Crippen LogP contribution in [0.1, 0.15) is 12.0 Å². The predicted molar refractivity (Wildman–Crippen MR) is 103 cm³/mol. The number of pyridine rings is 1. The van der Waals surface area contributed by atoms with E-state index in [1.807, 2.05) is 0 Å². The fraction of sp³-hybridized carbons (Fsp3) is 0.250. The summed E-state index contributed by atoms with van der Waals surface area (Å²) in [7, 11) is 1.69. The van der Waals surface area contributed by atoms with Crippen molar-refractivity contribution in [3.63, 3.8) is 0 Å². The Balaban J connectivity index is 2.14. The van der Waals surface area contributed by atoms with Crippen LogP contribution < -0.4 is 21.2 Å². The molecule has 0 saturated heterocycles. The monoisotopic (exact) mass is 373 g/mol. The average Bonchev–Trinajstić information content (AvgIpc) is 2.61. The van der Waals surface area contributed by atoms with Gasteiger partial charge < -0.3 is 20.4 Å². The van der Waals surface area contributed by atoms with Crippen molar-refractivity contribution in [2.75, 3.05) is 18.5 Å². The number of rotatable bonds is 6. The van der Waals surface area contributed by atoms with Crippen molar-refractivity contribution in [1.29, 1.82) is 0 Å². The van der Waals surface area contributed by atoms with E-state index < -0.39 is 17.1 Å². The van der Waals surface area contributed by atoms with Crippen LogP contribution >= 0.6 is 0 Å². The highest BCUT2D eigenvalue weighted by Gasteiger charge is 2.15. The molecule has 1 aromatic heterocycles. The zero-order chi connectivity index (χ0) is 19.6. The molecule has 0 atom stereocenters. The Bertz CT molecular complexity index is 1050. The normalized spacial score (nSPS) is 11.0. The fourth-order valence-electron chi connectivity index (χ4n) is 2.87. The minimum Gasteiger partial charge on any atom is -0.488 e. The van der Waals surface area contributed by atoms with Crippen LogP contribution in [0, 0.1) is 18.6 Å². The molecule has 3 rings (SSSR count). The molecule has 0 amide bonds. The second kappa shape index (κ2) is 7.75. The summed E-state index contributed by atoms with van der Waals surface area (Å²) in [6.45, 7) is 2.51. The van der Waals surface area contributed by atoms with Crippen LogP contribution in [0.15, 0.2) is 41.3 Å². The third-order valence-electron chi connectivity index (χ3n) is 4.22. The lowest BCUT2D eigenvalue weighted by Gasteiger charge is -2.15. The summed E-state index contributed by atoms with van der Waals surface area (Å²) >= 11 is 0. The number of halogens is 2. The highest BCUT2D eigenvalue weighted by Crippen LogP contribution is 2.28. The average molecular weight is 373 g/mol. The smallest absolute Gasteiger partial charge is 0.233 e. The Hall–Kier alpha value is -2.93. The fourth-order valence-corrected chi connectivity index (χ4v) is 2.87. The van der Waals surface area contributed by atoms with Crippen molar-refractivity contribution in [3.8, 4) is 5.75 Å². The number of fused-ring (bicyclic) bond motifs is 1. The number of benzene rings is 2. The maximum Gasteiger partial charge on any atom is 0.233 e. The standard InChI is InChI=1S/C20H21F2N3O2/c1-12-4-5-15(14(22)8-12)24-16-9-13(21)10-17-19(16)20(26)18(11-25(17)2)27-7-3-6-23/h4-5,8-11,24H,3,6-7,23H2,1-2H3. The van der Waals surface area contributed by atoms with Crippen LogP contribution in [0.4, 0.5) is 20.2 Å². The van der Waals surface area contributed by atoms with E-state index >= 15 is 0 Å². The molecule has 5 nitrogen and oxygen atoms in total. The number of nitrogens with one attached hydrogen (secondary N) is 1. The van der Waals surface area contributed by atoms with E-state index in [0.29, 0.717) is 25.1 Å². The molecular formula is C20H21F2N3O2. The third-order valence-corrected chi connectivity index (χ3v) is 4.22. The molecule has 0 fully saturated rings. The van der Waals surface area contributed by atoms with Crippen molar-refractivity contribution in [3.05, 3.63) is 63.9 Å². The summed E-state index contributed by atoms with van der Waals surface area (Å²) in [5.74, 6) is -0.888. The first-order chi connectivity index (χ1) is 12.9. The van der Waals surface area contributed by atoms with Gasteiger partial charge >= 0.3 is 0 Å². The van der Waals surface area contributed by atoms with Crippen LogP contribution in [0.2, 0.25) is 0 Å². The number of ether oxygens (including phenoxy) is 1. The second-order valence-electron chi connectivity index (χ2n) is 6.38. The molecule has 0 unspecified atom stereocenters. The minimum absolute atomic E-state index is 0.137. The zero-order valence-electron chi connectivity index (χ0n) is 15.2. The van der Waals surface area contributed by atoms with Gasteiger partial charge in [0.1, 0.15) is 11.6 Å². The second-order valence-corrected chi connectivity index (χ2v) is 6.38. The minimum atomic E-state index is -0.538. The van der Waals surface area contributed by atoms with Gasteiger partial charge in [-0.15, -0.1) is 0 Å². The molecule has 0 aliphatic carbocycles. The number of anilines is 2. The Morgan fingerprint density at radius 3 is 2.67 bits per heavy atom. The topological polar surface area (TPSA) is 69.3 Å². The van der Waals surface area contributed by atoms with Crippen LogP contribution in [0.3, 0.4) is 0 Å². The van der Waals surface area contributed by atoms with Gasteiger partial charge in [-0.05, 0) is 49.7 Å². The lowest BCUT2D eigenvalue weighted by atomic mass is 10.1. The Labute approximate surface area is 155 Å². The molecule has 0 spiro atoms. The van der Waals surface area contributed by atoms with Gasteiger partial charge in [-0.3, -0.25) is 4.79 Å². The van der Waals surface area contributed by atoms with Gasteiger partial charge in [-0.25, -0.2) is 8.78 Å². The van der Waals surface area contributed by atoms with E-state index in [9.17, 15) is 13.6 Å². The predicted octanol–water partition coefficient (Wildman–Crippen LogP) is 3.60. The largest absolute Gasteiger partial charge is 0.488 e. The van der Waals surface area contributed by atoms with Gasteiger partial charge in [0, 0.05) is 7.05 Å². The van der Waals surface area contributed by atoms with E-state index in [4.69, 9.17) is 10.5 Å². The molecule has 0 saturated carbocycles. The van der Waals surface area contributed by atoms with Gasteiger partial charge in [0.05, 0.1) is 35.1 Å². The summed E-state index contributed by atoms with van der Waals surface area (Å²) in [5, 5.41) is 3.07. The summed E-state index contributed by atoms with van der Waals surface area (Å²) in [4.78, 5) is 12.9. The SMILES string of the molecule is Cc1ccc(Nc2cc(F)cc3c2c(=O)c(OCCCN)cn3C)c(F)c1. The summed E-state index contributed by atoms with van der Waals surface area (Å²) in [6.07, 6.45) is 2.11. The molecule has 27 heavy (non-hydrogen) atoms. The Morgan fingerprint density at radius 1 is 1.19 bits per heavy atom. The van der Waals surface area contributed by atoms with E-state index in [-0.39, 0.29) is 22.5 Å². The van der Waals surface area contributed by atoms with Gasteiger partial charge in [0.15, 0.2) is 5.75 Å². The first kappa shape index (κ1) is 18.8. The molecule has 3 N–H and O–H groups in total. The van der Waals surface area contributed by atoms with Crippen LogP contribution in [-0.2, 0) is 7.05 Å². The highest BCUT2D eigenvalue weighted by atomic mass is 19.1. The molecule has 0 aliphatic rings. The molecule has 3 aromatic rings. The van der Waals surface area contributed by atoms with E-state index in [2.05, 4.69) is 5.32 Å². The highest BCUT2D eigenvalue weighted by molar-refractivity contribution is 5.94. The molecule has 0 radical (unpaired) electrons. The molecule has 0 aliphatic heterocycles. The summed E-state index contributed by atoms with van der Waals surface area (Å²) in [6, 6.07) is 7.08. The van der Waals surface area contributed by atoms with Crippen LogP contribution in [-0.4, -0.2) is 17.7 Å². The maximum absolute atomic E-state index is 14.2. The summed E-state index contributed by atoms with van der Waals surface area (Å²) < 4.78 is 35.5. The molecule has 7 heteroatoms. The quantitative estimate of drug-likeness (QED) is 0.648. The number of aromatic nitrogens is 1. The van der Waals surface area contributed by atoms with E-state index in [1.54, 1.807) is 30.7 Å². The van der Waals surface area contributed by atoms with Crippen molar-refractivity contribution in [2.24, 2.45) is 12.8 Å². The molecular weight excluding hydrogens is 352 g/mol. The van der Waals surface area contributed by atoms with Crippen molar-refractivity contribution >= 4 is 22.3 Å². The number of nitrogens with two attached hydrogens (primary N) is 1. The molecule has 0 bridgehead atoms. The Morgan fingerprint density at radius 2 is 1.96 bits per heavy atom. The summed E-state index contributed by atoms with van der Waals surface area (Å²) in [5.41, 5.74) is 6.53. The maximum atomic E-state index is 14.2. The zero-order valence-corrected chi connectivity index (χ0v) is 15.2. The van der Waals surface area contributed by atoms with Crippen molar-refractivity contribution < 1.29 is 13.5 Å². The van der Waals surface area contributed by atoms with Gasteiger partial charge in [0.2, 0.25) is 5.43 Å². The number of hydrogen-bond acceptors (Lipinski definition) is 4. The first-order valence-corrected chi connectivity index (χ1v) is 8.59. The number of hydrogen-bond donors (Lipinski definition) is 2. The number of nitrogens with zero attached hydrogens (tertiary/aromatic N) is 1. The van der Waals surface area contributed by atoms with E-state index in [0.717, 1.165) is 5.56 Å². The lowest BCUT2D eigenvalue weighted by Crippen LogP contribution is -2.16. The molecule has 142 valence electrons. The Kier molecular flexibility index (Phi) is 5.41. The lowest BCUT2D eigenvalue weighted by molar-refractivity contribution is 0.309. The van der Waals surface area contributed by atoms with E-state index in [1.165, 1.54) is 24.4 Å². The van der Waals surface area contributed by atoms with Crippen LogP contribution in [0.25, 0.3) is 10.9 Å². The van der Waals surface area contributed by atoms with Crippen molar-refractivity contribution in [2.45, 2.75) is 13.3 Å². The van der Waals surface area contributed by atoms with Crippen LogP contribution in [0.5, 0.6) is 5.75 Å². The third kappa shape index (κ3) is 3.93.